The summed E-state index contributed by atoms with van der Waals surface area (Å²) in [6, 6.07) is 3.41. The number of nitrogens with zero attached hydrogens (tertiary/aromatic N) is 1. The number of hydrogen-bond acceptors (Lipinski definition) is 4. The number of rotatable bonds is 2. The van der Waals surface area contributed by atoms with Crippen molar-refractivity contribution in [3.05, 3.63) is 17.3 Å². The number of halogens is 1. The quantitative estimate of drug-likeness (QED) is 0.780. The van der Waals surface area contributed by atoms with Gasteiger partial charge in [0.15, 0.2) is 0 Å². The van der Waals surface area contributed by atoms with Gasteiger partial charge in [-0.1, -0.05) is 11.6 Å². The molecule has 16 heavy (non-hydrogen) atoms. The molecule has 3 N–H and O–H groups in total. The topological polar surface area (TPSA) is 60.2 Å². The van der Waals surface area contributed by atoms with Gasteiger partial charge < -0.3 is 15.8 Å². The van der Waals surface area contributed by atoms with Crippen LogP contribution in [-0.2, 0) is 4.74 Å². The molecule has 2 heterocycles. The number of hydrogen-bond donors (Lipinski definition) is 2. The van der Waals surface area contributed by atoms with Crippen LogP contribution in [0.1, 0.15) is 19.8 Å². The number of anilines is 2. The molecule has 0 aliphatic carbocycles. The SMILES string of the molecule is CC1(Nc2cc(N)cc(Cl)n2)CCCOC1. The number of aromatic nitrogens is 1. The average molecular weight is 242 g/mol. The molecule has 1 aromatic heterocycles. The molecular weight excluding hydrogens is 226 g/mol. The summed E-state index contributed by atoms with van der Waals surface area (Å²) in [5.41, 5.74) is 6.24. The zero-order chi connectivity index (χ0) is 11.6. The minimum absolute atomic E-state index is 0.0810. The third-order valence-electron chi connectivity index (χ3n) is 2.68. The van der Waals surface area contributed by atoms with Gasteiger partial charge in [0, 0.05) is 18.4 Å². The van der Waals surface area contributed by atoms with Crippen molar-refractivity contribution in [2.75, 3.05) is 24.3 Å². The lowest BCUT2D eigenvalue weighted by Crippen LogP contribution is -2.43. The highest BCUT2D eigenvalue weighted by Crippen LogP contribution is 2.25. The van der Waals surface area contributed by atoms with Crippen molar-refractivity contribution in [1.82, 2.24) is 4.98 Å². The molecule has 0 saturated carbocycles. The van der Waals surface area contributed by atoms with E-state index in [-0.39, 0.29) is 5.54 Å². The van der Waals surface area contributed by atoms with Gasteiger partial charge in [0.25, 0.3) is 0 Å². The van der Waals surface area contributed by atoms with Crippen molar-refractivity contribution >= 4 is 23.1 Å². The van der Waals surface area contributed by atoms with Crippen molar-refractivity contribution in [3.63, 3.8) is 0 Å². The Hall–Kier alpha value is -1.00. The predicted octanol–water partition coefficient (Wildman–Crippen LogP) is 2.30. The summed E-state index contributed by atoms with van der Waals surface area (Å²) < 4.78 is 5.46. The van der Waals surface area contributed by atoms with Crippen LogP contribution in [0.15, 0.2) is 12.1 Å². The molecule has 2 rings (SSSR count). The highest BCUT2D eigenvalue weighted by Gasteiger charge is 2.27. The molecular formula is C11H16ClN3O. The molecule has 0 spiro atoms. The Morgan fingerprint density at radius 1 is 1.56 bits per heavy atom. The Bertz CT molecular complexity index is 357. The summed E-state index contributed by atoms with van der Waals surface area (Å²) in [6.45, 7) is 3.63. The van der Waals surface area contributed by atoms with E-state index in [1.54, 1.807) is 12.1 Å². The summed E-state index contributed by atoms with van der Waals surface area (Å²) >= 11 is 5.85. The Labute approximate surface area is 100 Å². The monoisotopic (exact) mass is 241 g/mol. The van der Waals surface area contributed by atoms with E-state index in [0.717, 1.165) is 19.4 Å². The second-order valence-corrected chi connectivity index (χ2v) is 4.84. The lowest BCUT2D eigenvalue weighted by Gasteiger charge is -2.34. The largest absolute Gasteiger partial charge is 0.399 e. The minimum atomic E-state index is -0.0810. The van der Waals surface area contributed by atoms with Crippen LogP contribution in [0.4, 0.5) is 11.5 Å². The first-order valence-electron chi connectivity index (χ1n) is 5.36. The Kier molecular flexibility index (Phi) is 3.21. The Balaban J connectivity index is 2.13. The third kappa shape index (κ3) is 2.77. The zero-order valence-corrected chi connectivity index (χ0v) is 10.0. The second kappa shape index (κ2) is 4.47. The van der Waals surface area contributed by atoms with Gasteiger partial charge in [-0.3, -0.25) is 0 Å². The van der Waals surface area contributed by atoms with Gasteiger partial charge in [0.2, 0.25) is 0 Å². The molecule has 1 atom stereocenters. The van der Waals surface area contributed by atoms with Gasteiger partial charge in [-0.2, -0.15) is 0 Å². The van der Waals surface area contributed by atoms with Gasteiger partial charge >= 0.3 is 0 Å². The van der Waals surface area contributed by atoms with Crippen molar-refractivity contribution < 1.29 is 4.74 Å². The molecule has 4 nitrogen and oxygen atoms in total. The van der Waals surface area contributed by atoms with E-state index in [0.29, 0.717) is 23.3 Å². The molecule has 0 amide bonds. The first-order valence-corrected chi connectivity index (χ1v) is 5.74. The first-order chi connectivity index (χ1) is 7.57. The van der Waals surface area contributed by atoms with Gasteiger partial charge in [-0.15, -0.1) is 0 Å². The van der Waals surface area contributed by atoms with Crippen LogP contribution in [0.5, 0.6) is 0 Å². The van der Waals surface area contributed by atoms with E-state index < -0.39 is 0 Å². The van der Waals surface area contributed by atoms with Gasteiger partial charge in [-0.05, 0) is 25.8 Å². The van der Waals surface area contributed by atoms with Crippen molar-refractivity contribution in [2.45, 2.75) is 25.3 Å². The summed E-state index contributed by atoms with van der Waals surface area (Å²) in [7, 11) is 0. The molecule has 1 unspecified atom stereocenters. The predicted molar refractivity (Wildman–Crippen MR) is 65.7 cm³/mol. The minimum Gasteiger partial charge on any atom is -0.399 e. The van der Waals surface area contributed by atoms with Gasteiger partial charge in [-0.25, -0.2) is 4.98 Å². The Morgan fingerprint density at radius 3 is 3.00 bits per heavy atom. The average Bonchev–Trinajstić information content (AvgIpc) is 2.15. The molecule has 1 fully saturated rings. The maximum Gasteiger partial charge on any atom is 0.133 e. The highest BCUT2D eigenvalue weighted by molar-refractivity contribution is 6.29. The Morgan fingerprint density at radius 2 is 2.38 bits per heavy atom. The lowest BCUT2D eigenvalue weighted by atomic mass is 9.95. The van der Waals surface area contributed by atoms with Crippen LogP contribution in [0.25, 0.3) is 0 Å². The summed E-state index contributed by atoms with van der Waals surface area (Å²) in [4.78, 5) is 4.19. The molecule has 5 heteroatoms. The molecule has 1 saturated heterocycles. The van der Waals surface area contributed by atoms with E-state index in [9.17, 15) is 0 Å². The van der Waals surface area contributed by atoms with Crippen LogP contribution in [0.2, 0.25) is 5.15 Å². The van der Waals surface area contributed by atoms with Crippen molar-refractivity contribution in [2.24, 2.45) is 0 Å². The molecule has 0 radical (unpaired) electrons. The summed E-state index contributed by atoms with van der Waals surface area (Å²) in [5, 5.41) is 3.74. The first kappa shape index (κ1) is 11.5. The van der Waals surface area contributed by atoms with Crippen molar-refractivity contribution in [3.8, 4) is 0 Å². The molecule has 1 aromatic rings. The second-order valence-electron chi connectivity index (χ2n) is 4.45. The standard InChI is InChI=1S/C11H16ClN3O/c1-11(3-2-4-16-7-11)15-10-6-8(13)5-9(12)14-10/h5-6H,2-4,7H2,1H3,(H3,13,14,15). The van der Waals surface area contributed by atoms with E-state index >= 15 is 0 Å². The molecule has 0 bridgehead atoms. The van der Waals surface area contributed by atoms with Crippen LogP contribution in [0, 0.1) is 0 Å². The van der Waals surface area contributed by atoms with Crippen molar-refractivity contribution in [1.29, 1.82) is 0 Å². The third-order valence-corrected chi connectivity index (χ3v) is 2.88. The number of nitrogen functional groups attached to an aromatic ring is 1. The lowest BCUT2D eigenvalue weighted by molar-refractivity contribution is 0.0539. The smallest absolute Gasteiger partial charge is 0.133 e. The van der Waals surface area contributed by atoms with E-state index in [4.69, 9.17) is 22.1 Å². The number of nitrogens with two attached hydrogens (primary N) is 1. The van der Waals surface area contributed by atoms with Crippen LogP contribution in [-0.4, -0.2) is 23.7 Å². The fraction of sp³-hybridized carbons (Fsp3) is 0.545. The number of ether oxygens (including phenoxy) is 1. The van der Waals surface area contributed by atoms with E-state index in [1.165, 1.54) is 0 Å². The van der Waals surface area contributed by atoms with Crippen LogP contribution >= 0.6 is 11.6 Å². The normalized spacial score (nSPS) is 25.4. The van der Waals surface area contributed by atoms with Crippen LogP contribution < -0.4 is 11.1 Å². The molecule has 1 aliphatic rings. The van der Waals surface area contributed by atoms with Gasteiger partial charge in [0.05, 0.1) is 12.1 Å². The molecule has 1 aliphatic heterocycles. The molecule has 0 aromatic carbocycles. The maximum atomic E-state index is 5.85. The van der Waals surface area contributed by atoms with E-state index in [2.05, 4.69) is 17.2 Å². The fourth-order valence-electron chi connectivity index (χ4n) is 1.92. The number of pyridine rings is 1. The zero-order valence-electron chi connectivity index (χ0n) is 9.29. The number of nitrogens with one attached hydrogen (secondary N) is 1. The van der Waals surface area contributed by atoms with E-state index in [1.807, 2.05) is 0 Å². The summed E-state index contributed by atoms with van der Waals surface area (Å²) in [6.07, 6.45) is 2.11. The van der Waals surface area contributed by atoms with Crippen LogP contribution in [0.3, 0.4) is 0 Å². The fourth-order valence-corrected chi connectivity index (χ4v) is 2.14. The van der Waals surface area contributed by atoms with Gasteiger partial charge in [0.1, 0.15) is 11.0 Å². The summed E-state index contributed by atoms with van der Waals surface area (Å²) in [5.74, 6) is 0.706. The highest BCUT2D eigenvalue weighted by atomic mass is 35.5. The maximum absolute atomic E-state index is 5.85. The molecule has 88 valence electrons.